The van der Waals surface area contributed by atoms with Crippen LogP contribution in [0.5, 0.6) is 11.5 Å². The van der Waals surface area contributed by atoms with Crippen LogP contribution in [0.25, 0.3) is 0 Å². The van der Waals surface area contributed by atoms with Crippen LogP contribution in [-0.4, -0.2) is 109 Å². The Morgan fingerprint density at radius 2 is 1.03 bits per heavy atom. The van der Waals surface area contributed by atoms with Crippen LogP contribution in [0.2, 0.25) is 0 Å². The number of morpholine rings is 2. The van der Waals surface area contributed by atoms with E-state index in [4.69, 9.17) is 9.47 Å². The highest BCUT2D eigenvalue weighted by molar-refractivity contribution is 5.98. The highest BCUT2D eigenvalue weighted by atomic mass is 19.3. The van der Waals surface area contributed by atoms with Crippen LogP contribution in [0.3, 0.4) is 0 Å². The van der Waals surface area contributed by atoms with Gasteiger partial charge in [-0.15, -0.1) is 0 Å². The summed E-state index contributed by atoms with van der Waals surface area (Å²) in [6, 6.07) is 12.0. The Labute approximate surface area is 354 Å². The van der Waals surface area contributed by atoms with Crippen LogP contribution in [-0.2, 0) is 58.8 Å². The lowest BCUT2D eigenvalue weighted by Gasteiger charge is -2.28. The maximum Gasteiger partial charge on any atom is 0.387 e. The first-order valence-electron chi connectivity index (χ1n) is 20.3. The second-order valence-corrected chi connectivity index (χ2v) is 15.3. The van der Waals surface area contributed by atoms with Crippen LogP contribution in [0.15, 0.2) is 58.1 Å². The minimum Gasteiger partial charge on any atom is -0.434 e. The second-order valence-electron chi connectivity index (χ2n) is 15.3. The lowest BCUT2D eigenvalue weighted by atomic mass is 10.1. The molecule has 0 unspecified atom stereocenters. The molecule has 62 heavy (non-hydrogen) atoms. The maximum absolute atomic E-state index is 13.2. The largest absolute Gasteiger partial charge is 0.434 e. The third-order valence-electron chi connectivity index (χ3n) is 11.3. The van der Waals surface area contributed by atoms with Crippen LogP contribution in [0, 0.1) is 0 Å². The molecule has 16 nitrogen and oxygen atoms in total. The molecule has 332 valence electrons. The molecule has 0 saturated carbocycles. The van der Waals surface area contributed by atoms with Crippen LogP contribution in [0.1, 0.15) is 36.6 Å². The summed E-state index contributed by atoms with van der Waals surface area (Å²) in [4.78, 5) is 67.6. The Hall–Kier alpha value is -6.02. The smallest absolute Gasteiger partial charge is 0.387 e. The number of aromatic nitrogens is 4. The highest BCUT2D eigenvalue weighted by Gasteiger charge is 2.36. The zero-order valence-corrected chi connectivity index (χ0v) is 34.8. The SMILES string of the molecule is C[C@@H]1Cc2c(OC(F)F)cccc2N1C(=O)Cc1nc(N2CCOCC2)cc(=O)n1C.C[C@H]1Cc2c(OC(F)F)cccc2N1C(=O)Cc1nc(N2CCOCC2)cc(=O)n1C. The summed E-state index contributed by atoms with van der Waals surface area (Å²) < 4.78 is 73.7. The molecule has 2 saturated heterocycles. The molecule has 4 aliphatic rings. The van der Waals surface area contributed by atoms with Gasteiger partial charge in [-0.25, -0.2) is 9.97 Å². The molecule has 2 aromatic heterocycles. The fraction of sp³-hybridized carbons (Fsp3) is 0.476. The van der Waals surface area contributed by atoms with Crippen molar-refractivity contribution in [3.63, 3.8) is 0 Å². The monoisotopic (exact) mass is 868 g/mol. The topological polar surface area (TPSA) is 154 Å². The number of amides is 2. The van der Waals surface area contributed by atoms with E-state index in [0.717, 1.165) is 0 Å². The third kappa shape index (κ3) is 9.55. The highest BCUT2D eigenvalue weighted by Crippen LogP contribution is 2.40. The van der Waals surface area contributed by atoms with Gasteiger partial charge < -0.3 is 38.5 Å². The fourth-order valence-electron chi connectivity index (χ4n) is 8.21. The van der Waals surface area contributed by atoms with Crippen molar-refractivity contribution in [1.29, 1.82) is 0 Å². The van der Waals surface area contributed by atoms with E-state index < -0.39 is 13.2 Å². The standard InChI is InChI=1S/2C21H24F2N4O4/c2*1-13-10-14-15(4-3-5-16(14)31-21(22)23)27(13)20(29)11-17-24-18(12-19(28)25(17)2)26-6-8-30-9-7-26/h2*3-5,12-13,21H,6-11H2,1-2H3/t2*13-/m10/s1. The lowest BCUT2D eigenvalue weighted by Crippen LogP contribution is -2.40. The van der Waals surface area contributed by atoms with Crippen LogP contribution in [0.4, 0.5) is 40.6 Å². The molecule has 4 aliphatic heterocycles. The second kappa shape index (κ2) is 18.9. The van der Waals surface area contributed by atoms with Gasteiger partial charge in [0, 0.05) is 75.6 Å². The Kier molecular flexibility index (Phi) is 13.5. The summed E-state index contributed by atoms with van der Waals surface area (Å²) in [6.45, 7) is 2.52. The number of hydrogen-bond acceptors (Lipinski definition) is 12. The van der Waals surface area contributed by atoms with Crippen molar-refractivity contribution in [1.82, 2.24) is 19.1 Å². The predicted octanol–water partition coefficient (Wildman–Crippen LogP) is 3.48. The number of anilines is 4. The van der Waals surface area contributed by atoms with Crippen molar-refractivity contribution in [2.45, 2.75) is 64.8 Å². The number of rotatable bonds is 10. The minimum atomic E-state index is -2.94. The van der Waals surface area contributed by atoms with E-state index in [2.05, 4.69) is 19.4 Å². The average molecular weight is 869 g/mol. The van der Waals surface area contributed by atoms with Crippen molar-refractivity contribution in [3.8, 4) is 11.5 Å². The predicted molar refractivity (Wildman–Crippen MR) is 220 cm³/mol. The molecule has 6 heterocycles. The molecule has 0 bridgehead atoms. The van der Waals surface area contributed by atoms with E-state index in [-0.39, 0.29) is 59.4 Å². The summed E-state index contributed by atoms with van der Waals surface area (Å²) in [6.07, 6.45) is 0.634. The number of carbonyl (C=O) groups excluding carboxylic acids is 2. The number of ether oxygens (including phenoxy) is 4. The van der Waals surface area contributed by atoms with E-state index >= 15 is 0 Å². The molecule has 2 amide bonds. The van der Waals surface area contributed by atoms with Gasteiger partial charge in [0.1, 0.15) is 34.8 Å². The van der Waals surface area contributed by atoms with Crippen molar-refractivity contribution in [3.05, 3.63) is 92.0 Å². The van der Waals surface area contributed by atoms with Gasteiger partial charge in [0.05, 0.1) is 50.6 Å². The molecule has 2 fully saturated rings. The number of halogens is 4. The number of nitrogens with zero attached hydrogens (tertiary/aromatic N) is 8. The van der Waals surface area contributed by atoms with Gasteiger partial charge in [0.2, 0.25) is 11.8 Å². The lowest BCUT2D eigenvalue weighted by molar-refractivity contribution is -0.119. The Balaban J connectivity index is 0.000000186. The van der Waals surface area contributed by atoms with Crippen molar-refractivity contribution in [2.75, 3.05) is 72.2 Å². The summed E-state index contributed by atoms with van der Waals surface area (Å²) >= 11 is 0. The van der Waals surface area contributed by atoms with Crippen LogP contribution < -0.4 is 40.2 Å². The van der Waals surface area contributed by atoms with Crippen molar-refractivity contribution >= 4 is 34.8 Å². The molecule has 2 atom stereocenters. The maximum atomic E-state index is 13.2. The Morgan fingerprint density at radius 3 is 1.39 bits per heavy atom. The quantitative estimate of drug-likeness (QED) is 0.215. The summed E-state index contributed by atoms with van der Waals surface area (Å²) in [5.41, 5.74) is 1.75. The molecule has 2 aromatic carbocycles. The van der Waals surface area contributed by atoms with Gasteiger partial charge in [0.25, 0.3) is 11.1 Å². The normalized spacial score (nSPS) is 18.4. The molecular formula is C42H48F4N8O8. The first kappa shape index (κ1) is 44.0. The molecule has 0 spiro atoms. The zero-order valence-electron chi connectivity index (χ0n) is 34.8. The summed E-state index contributed by atoms with van der Waals surface area (Å²) in [5, 5.41) is 0. The molecular weight excluding hydrogens is 821 g/mol. The number of alkyl halides is 4. The van der Waals surface area contributed by atoms with Gasteiger partial charge in [0.15, 0.2) is 0 Å². The zero-order chi connectivity index (χ0) is 44.2. The Bertz CT molecular complexity index is 2240. The van der Waals surface area contributed by atoms with E-state index in [1.807, 2.05) is 23.6 Å². The van der Waals surface area contributed by atoms with E-state index in [1.54, 1.807) is 48.2 Å². The van der Waals surface area contributed by atoms with E-state index in [0.29, 0.717) is 111 Å². The number of fused-ring (bicyclic) bond motifs is 2. The number of benzene rings is 2. The molecule has 0 N–H and O–H groups in total. The van der Waals surface area contributed by atoms with Gasteiger partial charge in [-0.3, -0.25) is 28.3 Å². The first-order chi connectivity index (χ1) is 29.7. The summed E-state index contributed by atoms with van der Waals surface area (Å²) in [7, 11) is 3.16. The number of carbonyl (C=O) groups is 2. The molecule has 20 heteroatoms. The summed E-state index contributed by atoms with van der Waals surface area (Å²) in [5.74, 6) is 1.38. The van der Waals surface area contributed by atoms with E-state index in [9.17, 15) is 36.7 Å². The molecule has 4 aromatic rings. The van der Waals surface area contributed by atoms with Crippen LogP contribution >= 0.6 is 0 Å². The van der Waals surface area contributed by atoms with Crippen molar-refractivity contribution < 1.29 is 46.1 Å². The molecule has 0 radical (unpaired) electrons. The van der Waals surface area contributed by atoms with Gasteiger partial charge in [-0.2, -0.15) is 17.6 Å². The van der Waals surface area contributed by atoms with E-state index in [1.165, 1.54) is 33.4 Å². The average Bonchev–Trinajstić information content (AvgIpc) is 3.78. The fourth-order valence-corrected chi connectivity index (χ4v) is 8.21. The minimum absolute atomic E-state index is 0.0782. The molecule has 0 aliphatic carbocycles. The number of hydrogen-bond donors (Lipinski definition) is 0. The Morgan fingerprint density at radius 1 is 0.661 bits per heavy atom. The van der Waals surface area contributed by atoms with Crippen molar-refractivity contribution in [2.24, 2.45) is 14.1 Å². The molecule has 8 rings (SSSR count). The third-order valence-corrected chi connectivity index (χ3v) is 11.3. The van der Waals surface area contributed by atoms with Gasteiger partial charge in [-0.05, 0) is 51.0 Å². The first-order valence-corrected chi connectivity index (χ1v) is 20.3. The van der Waals surface area contributed by atoms with Gasteiger partial charge in [-0.1, -0.05) is 12.1 Å². The van der Waals surface area contributed by atoms with Gasteiger partial charge >= 0.3 is 13.2 Å².